The van der Waals surface area contributed by atoms with Crippen LogP contribution in [0, 0.1) is 5.92 Å². The fourth-order valence-corrected chi connectivity index (χ4v) is 3.14. The molecule has 1 aliphatic heterocycles. The molecule has 0 spiro atoms. The molecule has 2 amide bonds. The Labute approximate surface area is 164 Å². The van der Waals surface area contributed by atoms with Crippen LogP contribution in [0.1, 0.15) is 41.3 Å². The van der Waals surface area contributed by atoms with Crippen LogP contribution in [0.4, 0.5) is 10.6 Å². The van der Waals surface area contributed by atoms with Crippen molar-refractivity contribution in [3.63, 3.8) is 0 Å². The lowest BCUT2D eigenvalue weighted by molar-refractivity contribution is 0.0697. The number of benzene rings is 1. The number of carbonyl (C=O) groups excluding carboxylic acids is 1. The van der Waals surface area contributed by atoms with Crippen LogP contribution in [0.2, 0.25) is 0 Å². The number of piperidine rings is 1. The lowest BCUT2D eigenvalue weighted by Gasteiger charge is -2.31. The highest BCUT2D eigenvalue weighted by Crippen LogP contribution is 2.21. The quantitative estimate of drug-likeness (QED) is 0.714. The first-order valence-corrected chi connectivity index (χ1v) is 9.55. The molecule has 1 aliphatic rings. The van der Waals surface area contributed by atoms with E-state index in [0.717, 1.165) is 36.0 Å². The minimum Gasteiger partial charge on any atom is -0.478 e. The minimum atomic E-state index is -0.966. The number of amides is 2. The summed E-state index contributed by atoms with van der Waals surface area (Å²) in [5, 5.41) is 14.5. The molecule has 2 aromatic rings. The fraction of sp³-hybridized carbons (Fsp3) is 0.381. The average Bonchev–Trinajstić information content (AvgIpc) is 2.72. The van der Waals surface area contributed by atoms with Crippen molar-refractivity contribution in [3.8, 4) is 0 Å². The highest BCUT2D eigenvalue weighted by Gasteiger charge is 2.16. The van der Waals surface area contributed by atoms with Gasteiger partial charge in [-0.25, -0.2) is 14.6 Å². The maximum Gasteiger partial charge on any atom is 0.335 e. The van der Waals surface area contributed by atoms with Crippen molar-refractivity contribution < 1.29 is 14.7 Å². The van der Waals surface area contributed by atoms with Gasteiger partial charge in [0.1, 0.15) is 5.82 Å². The lowest BCUT2D eigenvalue weighted by Crippen LogP contribution is -2.35. The third-order valence-corrected chi connectivity index (χ3v) is 5.02. The van der Waals surface area contributed by atoms with E-state index in [9.17, 15) is 9.59 Å². The SMILES string of the molecule is CC1CCN(c2ccc(CNC(=O)NCc3ccc(C(=O)O)cc3)cn2)CC1. The van der Waals surface area contributed by atoms with Gasteiger partial charge in [-0.05, 0) is 48.1 Å². The Morgan fingerprint density at radius 1 is 1.04 bits per heavy atom. The monoisotopic (exact) mass is 382 g/mol. The molecule has 2 heterocycles. The molecule has 3 rings (SSSR count). The molecular weight excluding hydrogens is 356 g/mol. The van der Waals surface area contributed by atoms with Gasteiger partial charge in [-0.2, -0.15) is 0 Å². The Bertz CT molecular complexity index is 797. The van der Waals surface area contributed by atoms with Gasteiger partial charge in [-0.3, -0.25) is 0 Å². The number of urea groups is 1. The third kappa shape index (κ3) is 5.45. The van der Waals surface area contributed by atoms with Gasteiger partial charge in [0, 0.05) is 32.4 Å². The highest BCUT2D eigenvalue weighted by molar-refractivity contribution is 5.87. The van der Waals surface area contributed by atoms with Crippen molar-refractivity contribution in [1.29, 1.82) is 0 Å². The first kappa shape index (κ1) is 19.7. The molecule has 0 saturated carbocycles. The van der Waals surface area contributed by atoms with Crippen molar-refractivity contribution >= 4 is 17.8 Å². The Morgan fingerprint density at radius 3 is 2.21 bits per heavy atom. The number of pyridine rings is 1. The van der Waals surface area contributed by atoms with Crippen molar-refractivity contribution in [3.05, 3.63) is 59.3 Å². The predicted octanol–water partition coefficient (Wildman–Crippen LogP) is 3.02. The van der Waals surface area contributed by atoms with Crippen LogP contribution >= 0.6 is 0 Å². The van der Waals surface area contributed by atoms with E-state index in [1.807, 2.05) is 12.1 Å². The fourth-order valence-electron chi connectivity index (χ4n) is 3.14. The maximum absolute atomic E-state index is 12.0. The van der Waals surface area contributed by atoms with Crippen LogP contribution in [-0.2, 0) is 13.1 Å². The number of nitrogens with one attached hydrogen (secondary N) is 2. The summed E-state index contributed by atoms with van der Waals surface area (Å²) in [4.78, 5) is 29.6. The number of rotatable bonds is 6. The van der Waals surface area contributed by atoms with Gasteiger partial charge < -0.3 is 20.6 Å². The normalized spacial score (nSPS) is 14.5. The summed E-state index contributed by atoms with van der Waals surface area (Å²) < 4.78 is 0. The van der Waals surface area contributed by atoms with Crippen molar-refractivity contribution in [2.75, 3.05) is 18.0 Å². The molecule has 7 nitrogen and oxygen atoms in total. The standard InChI is InChI=1S/C21H26N4O3/c1-15-8-10-25(11-9-15)19-7-4-17(13-22-19)14-24-21(28)23-12-16-2-5-18(6-3-16)20(26)27/h2-7,13,15H,8-12,14H2,1H3,(H,26,27)(H2,23,24,28). The second-order valence-electron chi connectivity index (χ2n) is 7.23. The first-order chi connectivity index (χ1) is 13.5. The Kier molecular flexibility index (Phi) is 6.47. The van der Waals surface area contributed by atoms with E-state index in [1.54, 1.807) is 18.3 Å². The molecule has 28 heavy (non-hydrogen) atoms. The average molecular weight is 382 g/mol. The summed E-state index contributed by atoms with van der Waals surface area (Å²) in [7, 11) is 0. The Morgan fingerprint density at radius 2 is 1.64 bits per heavy atom. The molecule has 7 heteroatoms. The molecular formula is C21H26N4O3. The summed E-state index contributed by atoms with van der Waals surface area (Å²) in [6.07, 6.45) is 4.20. The molecule has 0 unspecified atom stereocenters. The first-order valence-electron chi connectivity index (χ1n) is 9.55. The molecule has 1 fully saturated rings. The zero-order valence-electron chi connectivity index (χ0n) is 16.0. The van der Waals surface area contributed by atoms with E-state index in [2.05, 4.69) is 27.4 Å². The van der Waals surface area contributed by atoms with Gasteiger partial charge in [0.15, 0.2) is 0 Å². The summed E-state index contributed by atoms with van der Waals surface area (Å²) in [6.45, 7) is 5.10. The lowest BCUT2D eigenvalue weighted by atomic mass is 9.99. The molecule has 1 saturated heterocycles. The molecule has 0 radical (unpaired) electrons. The summed E-state index contributed by atoms with van der Waals surface area (Å²) in [6, 6.07) is 10.1. The summed E-state index contributed by atoms with van der Waals surface area (Å²) in [5.41, 5.74) is 2.00. The second-order valence-corrected chi connectivity index (χ2v) is 7.23. The smallest absolute Gasteiger partial charge is 0.335 e. The van der Waals surface area contributed by atoms with Gasteiger partial charge in [-0.1, -0.05) is 25.1 Å². The molecule has 1 aromatic heterocycles. The Balaban J connectivity index is 1.42. The number of carboxylic acid groups (broad SMARTS) is 1. The number of aromatic carboxylic acids is 1. The van der Waals surface area contributed by atoms with E-state index in [0.29, 0.717) is 13.1 Å². The van der Waals surface area contributed by atoms with E-state index in [4.69, 9.17) is 5.11 Å². The molecule has 148 valence electrons. The van der Waals surface area contributed by atoms with Crippen molar-refractivity contribution in [1.82, 2.24) is 15.6 Å². The molecule has 0 aliphatic carbocycles. The van der Waals surface area contributed by atoms with E-state index in [-0.39, 0.29) is 11.6 Å². The number of anilines is 1. The molecule has 3 N–H and O–H groups in total. The number of carboxylic acids is 1. The van der Waals surface area contributed by atoms with Crippen LogP contribution < -0.4 is 15.5 Å². The summed E-state index contributed by atoms with van der Waals surface area (Å²) >= 11 is 0. The Hall–Kier alpha value is -3.09. The van der Waals surface area contributed by atoms with Crippen LogP contribution in [0.5, 0.6) is 0 Å². The van der Waals surface area contributed by atoms with E-state index >= 15 is 0 Å². The summed E-state index contributed by atoms with van der Waals surface area (Å²) in [5.74, 6) is 0.810. The largest absolute Gasteiger partial charge is 0.478 e. The van der Waals surface area contributed by atoms with Gasteiger partial charge >= 0.3 is 12.0 Å². The number of aromatic nitrogens is 1. The van der Waals surface area contributed by atoms with Crippen LogP contribution in [0.3, 0.4) is 0 Å². The van der Waals surface area contributed by atoms with Crippen molar-refractivity contribution in [2.45, 2.75) is 32.9 Å². The highest BCUT2D eigenvalue weighted by atomic mass is 16.4. The van der Waals surface area contributed by atoms with Crippen LogP contribution in [0.15, 0.2) is 42.6 Å². The van der Waals surface area contributed by atoms with Gasteiger partial charge in [-0.15, -0.1) is 0 Å². The zero-order valence-corrected chi connectivity index (χ0v) is 16.0. The number of carbonyl (C=O) groups is 2. The topological polar surface area (TPSA) is 94.6 Å². The molecule has 0 bridgehead atoms. The van der Waals surface area contributed by atoms with Crippen LogP contribution in [-0.4, -0.2) is 35.2 Å². The number of hydrogen-bond acceptors (Lipinski definition) is 4. The van der Waals surface area contributed by atoms with Gasteiger partial charge in [0.25, 0.3) is 0 Å². The van der Waals surface area contributed by atoms with Gasteiger partial charge in [0.2, 0.25) is 0 Å². The maximum atomic E-state index is 12.0. The number of hydrogen-bond donors (Lipinski definition) is 3. The third-order valence-electron chi connectivity index (χ3n) is 5.02. The predicted molar refractivity (Wildman–Crippen MR) is 107 cm³/mol. The van der Waals surface area contributed by atoms with E-state index < -0.39 is 5.97 Å². The zero-order chi connectivity index (χ0) is 19.9. The molecule has 0 atom stereocenters. The second kappa shape index (κ2) is 9.21. The van der Waals surface area contributed by atoms with Crippen LogP contribution in [0.25, 0.3) is 0 Å². The number of nitrogens with zero attached hydrogens (tertiary/aromatic N) is 2. The van der Waals surface area contributed by atoms with Gasteiger partial charge in [0.05, 0.1) is 5.56 Å². The minimum absolute atomic E-state index is 0.225. The molecule has 1 aromatic carbocycles. The van der Waals surface area contributed by atoms with Crippen molar-refractivity contribution in [2.24, 2.45) is 5.92 Å². The van der Waals surface area contributed by atoms with E-state index in [1.165, 1.54) is 25.0 Å².